The van der Waals surface area contributed by atoms with Crippen LogP contribution in [-0.2, 0) is 16.1 Å². The Morgan fingerprint density at radius 1 is 1.53 bits per heavy atom. The number of aromatic nitrogens is 2. The van der Waals surface area contributed by atoms with Crippen LogP contribution in [0.15, 0.2) is 0 Å². The van der Waals surface area contributed by atoms with E-state index in [0.29, 0.717) is 12.0 Å². The second-order valence-electron chi connectivity index (χ2n) is 4.72. The van der Waals surface area contributed by atoms with Crippen LogP contribution in [0, 0.1) is 5.92 Å². The minimum absolute atomic E-state index is 0.112. The summed E-state index contributed by atoms with van der Waals surface area (Å²) in [6.45, 7) is 1.42. The molecule has 0 bridgehead atoms. The van der Waals surface area contributed by atoms with E-state index in [1.165, 1.54) is 0 Å². The van der Waals surface area contributed by atoms with E-state index in [9.17, 15) is 18.4 Å². The molecule has 0 aromatic carbocycles. The number of halogens is 2. The average molecular weight is 270 g/mol. The van der Waals surface area contributed by atoms with E-state index < -0.39 is 12.4 Å². The van der Waals surface area contributed by atoms with Crippen molar-refractivity contribution in [3.05, 3.63) is 17.0 Å². The average Bonchev–Trinajstić information content (AvgIpc) is 2.96. The Bertz CT molecular complexity index is 568. The maximum atomic E-state index is 13.1. The van der Waals surface area contributed by atoms with Crippen molar-refractivity contribution in [2.24, 2.45) is 5.92 Å². The van der Waals surface area contributed by atoms with Gasteiger partial charge in [0, 0.05) is 11.5 Å². The Morgan fingerprint density at radius 3 is 2.89 bits per heavy atom. The second kappa shape index (κ2) is 4.11. The molecule has 2 aliphatic rings. The monoisotopic (exact) mass is 270 g/mol. The lowest BCUT2D eigenvalue weighted by Crippen LogP contribution is -2.17. The number of fused-ring (bicyclic) bond motifs is 3. The molecule has 1 fully saturated rings. The third-order valence-corrected chi connectivity index (χ3v) is 3.55. The highest BCUT2D eigenvalue weighted by molar-refractivity contribution is 6.04. The number of Topliss-reactive ketones (excluding diaryl/α,β-unsaturated/α-hetero) is 1. The van der Waals surface area contributed by atoms with Crippen LogP contribution in [-0.4, -0.2) is 28.1 Å². The zero-order valence-corrected chi connectivity index (χ0v) is 10.2. The first-order chi connectivity index (χ1) is 9.04. The van der Waals surface area contributed by atoms with Crippen LogP contribution in [0.1, 0.15) is 47.4 Å². The zero-order chi connectivity index (χ0) is 13.7. The summed E-state index contributed by atoms with van der Waals surface area (Å²) in [5.74, 6) is -1.09. The fourth-order valence-corrected chi connectivity index (χ4v) is 2.70. The van der Waals surface area contributed by atoms with Crippen LogP contribution in [0.3, 0.4) is 0 Å². The minimum atomic E-state index is -2.75. The van der Waals surface area contributed by atoms with E-state index in [1.54, 1.807) is 6.92 Å². The second-order valence-corrected chi connectivity index (χ2v) is 4.72. The summed E-state index contributed by atoms with van der Waals surface area (Å²) in [4.78, 5) is 23.2. The molecule has 7 heteroatoms. The van der Waals surface area contributed by atoms with Gasteiger partial charge in [-0.25, -0.2) is 8.78 Å². The first-order valence-corrected chi connectivity index (χ1v) is 6.13. The number of hydrogen-bond donors (Lipinski definition) is 0. The molecule has 0 saturated heterocycles. The number of ketones is 1. The highest BCUT2D eigenvalue weighted by atomic mass is 19.3. The molecule has 0 aliphatic heterocycles. The smallest absolute Gasteiger partial charge is 0.327 e. The van der Waals surface area contributed by atoms with Crippen molar-refractivity contribution in [3.8, 4) is 0 Å². The highest BCUT2D eigenvalue weighted by Gasteiger charge is 2.56. The van der Waals surface area contributed by atoms with Crippen molar-refractivity contribution < 1.29 is 23.1 Å². The van der Waals surface area contributed by atoms with Gasteiger partial charge in [-0.2, -0.15) is 5.10 Å². The van der Waals surface area contributed by atoms with Crippen LogP contribution in [0.25, 0.3) is 0 Å². The number of esters is 1. The first kappa shape index (κ1) is 12.3. The van der Waals surface area contributed by atoms with Crippen molar-refractivity contribution >= 4 is 11.8 Å². The Kier molecular flexibility index (Phi) is 2.65. The number of nitrogens with zero attached hydrogens (tertiary/aromatic N) is 2. The molecule has 3 rings (SSSR count). The third kappa shape index (κ3) is 1.75. The SMILES string of the molecule is CCOC(=O)Cn1nc2c(c1C(F)F)[C@@H]1C[C@@H]1C2=O. The summed E-state index contributed by atoms with van der Waals surface area (Å²) in [6.07, 6.45) is -2.13. The molecule has 2 aliphatic carbocycles. The Hall–Kier alpha value is -1.79. The van der Waals surface area contributed by atoms with E-state index in [1.807, 2.05) is 0 Å². The Labute approximate surface area is 107 Å². The maximum absolute atomic E-state index is 13.1. The molecule has 0 unspecified atom stereocenters. The first-order valence-electron chi connectivity index (χ1n) is 6.13. The normalized spacial score (nSPS) is 23.5. The molecule has 1 aromatic heterocycles. The van der Waals surface area contributed by atoms with Gasteiger partial charge in [-0.1, -0.05) is 0 Å². The molecule has 1 saturated carbocycles. The van der Waals surface area contributed by atoms with Crippen molar-refractivity contribution in [1.29, 1.82) is 0 Å². The predicted molar refractivity (Wildman–Crippen MR) is 59.0 cm³/mol. The van der Waals surface area contributed by atoms with Crippen molar-refractivity contribution in [2.45, 2.75) is 32.2 Å². The van der Waals surface area contributed by atoms with Gasteiger partial charge in [-0.15, -0.1) is 0 Å². The maximum Gasteiger partial charge on any atom is 0.327 e. The van der Waals surface area contributed by atoms with Crippen LogP contribution < -0.4 is 0 Å². The van der Waals surface area contributed by atoms with E-state index in [2.05, 4.69) is 5.10 Å². The molecule has 102 valence electrons. The lowest BCUT2D eigenvalue weighted by Gasteiger charge is -2.07. The summed E-state index contributed by atoms with van der Waals surface area (Å²) >= 11 is 0. The molecule has 2 atom stereocenters. The van der Waals surface area contributed by atoms with Crippen molar-refractivity contribution in [3.63, 3.8) is 0 Å². The highest BCUT2D eigenvalue weighted by Crippen LogP contribution is 2.57. The molecule has 0 N–H and O–H groups in total. The van der Waals surface area contributed by atoms with Gasteiger partial charge < -0.3 is 4.74 Å². The van der Waals surface area contributed by atoms with Gasteiger partial charge in [0.15, 0.2) is 5.78 Å². The van der Waals surface area contributed by atoms with Gasteiger partial charge in [-0.05, 0) is 19.3 Å². The number of carbonyl (C=O) groups is 2. The lowest BCUT2D eigenvalue weighted by atomic mass is 10.1. The van der Waals surface area contributed by atoms with Gasteiger partial charge in [0.1, 0.15) is 17.9 Å². The van der Waals surface area contributed by atoms with Crippen LogP contribution in [0.5, 0.6) is 0 Å². The van der Waals surface area contributed by atoms with Gasteiger partial charge >= 0.3 is 5.97 Å². The molecule has 1 heterocycles. The summed E-state index contributed by atoms with van der Waals surface area (Å²) < 4.78 is 31.9. The van der Waals surface area contributed by atoms with Gasteiger partial charge in [0.2, 0.25) is 0 Å². The topological polar surface area (TPSA) is 61.2 Å². The molecule has 0 radical (unpaired) electrons. The third-order valence-electron chi connectivity index (χ3n) is 3.55. The summed E-state index contributed by atoms with van der Waals surface area (Å²) in [5, 5.41) is 3.88. The van der Waals surface area contributed by atoms with Crippen LogP contribution >= 0.6 is 0 Å². The number of alkyl halides is 2. The molecule has 5 nitrogen and oxygen atoms in total. The van der Waals surface area contributed by atoms with E-state index >= 15 is 0 Å². The van der Waals surface area contributed by atoms with Gasteiger partial charge in [-0.3, -0.25) is 14.3 Å². The fourth-order valence-electron chi connectivity index (χ4n) is 2.70. The molecule has 19 heavy (non-hydrogen) atoms. The molecule has 0 amide bonds. The Morgan fingerprint density at radius 2 is 2.26 bits per heavy atom. The Balaban J connectivity index is 1.97. The fraction of sp³-hybridized carbons (Fsp3) is 0.583. The number of ether oxygens (including phenoxy) is 1. The van der Waals surface area contributed by atoms with Gasteiger partial charge in [0.05, 0.1) is 6.61 Å². The predicted octanol–water partition coefficient (Wildman–Crippen LogP) is 1.68. The van der Waals surface area contributed by atoms with Crippen molar-refractivity contribution in [1.82, 2.24) is 9.78 Å². The number of carbonyl (C=O) groups excluding carboxylic acids is 2. The van der Waals surface area contributed by atoms with Crippen LogP contribution in [0.2, 0.25) is 0 Å². The van der Waals surface area contributed by atoms with E-state index in [0.717, 1.165) is 4.68 Å². The quantitative estimate of drug-likeness (QED) is 0.781. The zero-order valence-electron chi connectivity index (χ0n) is 10.2. The van der Waals surface area contributed by atoms with E-state index in [-0.39, 0.29) is 42.2 Å². The molecule has 1 aromatic rings. The van der Waals surface area contributed by atoms with Gasteiger partial charge in [0.25, 0.3) is 6.43 Å². The minimum Gasteiger partial charge on any atom is -0.465 e. The largest absolute Gasteiger partial charge is 0.465 e. The standard InChI is InChI=1S/C12H12F2N2O3/c1-2-19-7(17)4-16-10(12(13)14)8-5-3-6(5)11(18)9(8)15-16/h5-6,12H,2-4H2,1H3/t5-,6+/m1/s1. The number of hydrogen-bond acceptors (Lipinski definition) is 4. The summed E-state index contributed by atoms with van der Waals surface area (Å²) in [7, 11) is 0. The summed E-state index contributed by atoms with van der Waals surface area (Å²) in [5.41, 5.74) is 0.150. The molecular formula is C12H12F2N2O3. The van der Waals surface area contributed by atoms with Crippen LogP contribution in [0.4, 0.5) is 8.78 Å². The number of rotatable bonds is 4. The summed E-state index contributed by atoms with van der Waals surface area (Å²) in [6, 6.07) is 0. The van der Waals surface area contributed by atoms with E-state index in [4.69, 9.17) is 4.74 Å². The van der Waals surface area contributed by atoms with Crippen molar-refractivity contribution in [2.75, 3.05) is 6.61 Å². The lowest BCUT2D eigenvalue weighted by molar-refractivity contribution is -0.144. The molecular weight excluding hydrogens is 258 g/mol. The molecule has 0 spiro atoms.